The second-order valence-corrected chi connectivity index (χ2v) is 3.93. The molecule has 1 aliphatic carbocycles. The fourth-order valence-electron chi connectivity index (χ4n) is 1.44. The quantitative estimate of drug-likeness (QED) is 0.207. The highest BCUT2D eigenvalue weighted by atomic mass is 35.5. The zero-order chi connectivity index (χ0) is 9.41. The molecule has 0 heterocycles. The van der Waals surface area contributed by atoms with Gasteiger partial charge in [-0.05, 0) is 19.3 Å². The molecule has 0 radical (unpaired) electrons. The van der Waals surface area contributed by atoms with Crippen LogP contribution in [0.5, 0.6) is 0 Å². The van der Waals surface area contributed by atoms with Crippen molar-refractivity contribution in [3.8, 4) is 0 Å². The Morgan fingerprint density at radius 1 is 1.33 bits per heavy atom. The third-order valence-electron chi connectivity index (χ3n) is 2.39. The second kappa shape index (κ2) is 2.83. The Hall–Kier alpha value is -0.390. The number of nitro groups is 1. The summed E-state index contributed by atoms with van der Waals surface area (Å²) in [6, 6.07) is 0. The van der Waals surface area contributed by atoms with Crippen LogP contribution in [0.15, 0.2) is 0 Å². The Kier molecular flexibility index (Phi) is 2.29. The van der Waals surface area contributed by atoms with Crippen molar-refractivity contribution in [1.82, 2.24) is 0 Å². The molecule has 0 aromatic rings. The van der Waals surface area contributed by atoms with E-state index in [1.165, 1.54) is 0 Å². The highest BCUT2D eigenvalue weighted by molar-refractivity contribution is 6.24. The first kappa shape index (κ1) is 9.70. The van der Waals surface area contributed by atoms with Crippen LogP contribution in [-0.2, 0) is 0 Å². The molecule has 0 bridgehead atoms. The Morgan fingerprint density at radius 2 is 1.83 bits per heavy atom. The van der Waals surface area contributed by atoms with E-state index in [9.17, 15) is 10.1 Å². The number of rotatable bonds is 1. The molecule has 0 aromatic heterocycles. The summed E-state index contributed by atoms with van der Waals surface area (Å²) >= 11 is 5.79. The zero-order valence-electron chi connectivity index (χ0n) is 6.62. The number of alkyl halides is 1. The normalized spacial score (nSPS) is 42.6. The summed E-state index contributed by atoms with van der Waals surface area (Å²) in [5, 5.41) is 10.6. The summed E-state index contributed by atoms with van der Waals surface area (Å²) in [5.74, 6) is 0. The highest BCUT2D eigenvalue weighted by Crippen LogP contribution is 2.36. The molecule has 12 heavy (non-hydrogen) atoms. The topological polar surface area (TPSA) is 95.2 Å². The minimum absolute atomic E-state index is 0.250. The van der Waals surface area contributed by atoms with Crippen molar-refractivity contribution >= 4 is 11.6 Å². The van der Waals surface area contributed by atoms with E-state index < -0.39 is 15.6 Å². The number of hydrogen-bond donors (Lipinski definition) is 2. The molecular formula is C6H12ClN3O2. The van der Waals surface area contributed by atoms with Gasteiger partial charge in [0.1, 0.15) is 0 Å². The van der Waals surface area contributed by atoms with Gasteiger partial charge in [-0.3, -0.25) is 15.8 Å². The molecule has 0 spiro atoms. The van der Waals surface area contributed by atoms with Gasteiger partial charge in [-0.1, -0.05) is 11.6 Å². The maximum Gasteiger partial charge on any atom is 0.304 e. The first-order valence-corrected chi connectivity index (χ1v) is 4.19. The largest absolute Gasteiger partial charge is 0.305 e. The first-order valence-electron chi connectivity index (χ1n) is 3.81. The van der Waals surface area contributed by atoms with Gasteiger partial charge < -0.3 is 5.73 Å². The van der Waals surface area contributed by atoms with E-state index in [2.05, 4.69) is 0 Å². The maximum atomic E-state index is 10.6. The molecule has 1 saturated carbocycles. The Bertz CT molecular complexity index is 209. The van der Waals surface area contributed by atoms with E-state index in [-0.39, 0.29) is 6.42 Å². The molecule has 6 heteroatoms. The molecular weight excluding hydrogens is 182 g/mol. The van der Waals surface area contributed by atoms with Crippen LogP contribution in [0.4, 0.5) is 0 Å². The van der Waals surface area contributed by atoms with Gasteiger partial charge in [-0.25, -0.2) is 0 Å². The van der Waals surface area contributed by atoms with E-state index in [1.54, 1.807) is 0 Å². The fourth-order valence-corrected chi connectivity index (χ4v) is 1.74. The molecule has 4 N–H and O–H groups in total. The summed E-state index contributed by atoms with van der Waals surface area (Å²) in [6.45, 7) is 0. The van der Waals surface area contributed by atoms with Crippen molar-refractivity contribution in [3.05, 3.63) is 10.1 Å². The molecule has 1 rings (SSSR count). The lowest BCUT2D eigenvalue weighted by atomic mass is 9.85. The van der Waals surface area contributed by atoms with Gasteiger partial charge >= 0.3 is 5.66 Å². The van der Waals surface area contributed by atoms with E-state index in [4.69, 9.17) is 23.1 Å². The van der Waals surface area contributed by atoms with Crippen LogP contribution in [0.2, 0.25) is 0 Å². The van der Waals surface area contributed by atoms with Gasteiger partial charge in [-0.15, -0.1) is 0 Å². The lowest BCUT2D eigenvalue weighted by Gasteiger charge is -2.37. The molecule has 0 saturated heterocycles. The standard InChI is InChI=1S/C6H12ClN3O2/c7-5(8)3-1-2-4-6(5,9)10(11)12/h1-4,8-9H2/t5-,6+/m1/s1. The van der Waals surface area contributed by atoms with Crippen molar-refractivity contribution < 1.29 is 4.92 Å². The predicted molar refractivity (Wildman–Crippen MR) is 45.2 cm³/mol. The van der Waals surface area contributed by atoms with Crippen molar-refractivity contribution in [1.29, 1.82) is 0 Å². The lowest BCUT2D eigenvalue weighted by Crippen LogP contribution is -2.68. The van der Waals surface area contributed by atoms with Crippen LogP contribution in [0, 0.1) is 10.1 Å². The van der Waals surface area contributed by atoms with Crippen LogP contribution in [0.3, 0.4) is 0 Å². The number of nitrogens with zero attached hydrogens (tertiary/aromatic N) is 1. The molecule has 1 aliphatic rings. The highest BCUT2D eigenvalue weighted by Gasteiger charge is 2.57. The summed E-state index contributed by atoms with van der Waals surface area (Å²) in [5.41, 5.74) is 9.42. The Balaban J connectivity index is 2.91. The molecule has 0 aromatic carbocycles. The van der Waals surface area contributed by atoms with E-state index >= 15 is 0 Å². The van der Waals surface area contributed by atoms with Gasteiger partial charge in [0.05, 0.1) is 0 Å². The molecule has 5 nitrogen and oxygen atoms in total. The second-order valence-electron chi connectivity index (χ2n) is 3.25. The SMILES string of the molecule is N[C@]1(Cl)CCCC[C@]1(N)[N+](=O)[O-]. The number of nitrogens with two attached hydrogens (primary N) is 2. The molecule has 70 valence electrons. The average molecular weight is 194 g/mol. The molecule has 0 amide bonds. The lowest BCUT2D eigenvalue weighted by molar-refractivity contribution is -0.580. The van der Waals surface area contributed by atoms with E-state index in [1.807, 2.05) is 0 Å². The van der Waals surface area contributed by atoms with Gasteiger partial charge in [0, 0.05) is 11.3 Å². The molecule has 2 atom stereocenters. The monoisotopic (exact) mass is 193 g/mol. The van der Waals surface area contributed by atoms with E-state index in [0.29, 0.717) is 12.8 Å². The Morgan fingerprint density at radius 3 is 2.17 bits per heavy atom. The number of halogens is 1. The molecule has 0 unspecified atom stereocenters. The predicted octanol–water partition coefficient (Wildman–Crippen LogP) is 0.386. The van der Waals surface area contributed by atoms with Crippen LogP contribution < -0.4 is 11.5 Å². The minimum atomic E-state index is -1.66. The molecule has 0 aliphatic heterocycles. The van der Waals surface area contributed by atoms with Crippen LogP contribution >= 0.6 is 11.6 Å². The zero-order valence-corrected chi connectivity index (χ0v) is 7.38. The average Bonchev–Trinajstić information content (AvgIpc) is 1.95. The summed E-state index contributed by atoms with van der Waals surface area (Å²) < 4.78 is 0. The summed E-state index contributed by atoms with van der Waals surface area (Å²) in [4.78, 5) is 8.64. The van der Waals surface area contributed by atoms with E-state index in [0.717, 1.165) is 6.42 Å². The minimum Gasteiger partial charge on any atom is -0.305 e. The number of hydrogen-bond acceptors (Lipinski definition) is 4. The summed E-state index contributed by atoms with van der Waals surface area (Å²) in [6.07, 6.45) is 2.15. The van der Waals surface area contributed by atoms with Crippen LogP contribution in [-0.4, -0.2) is 15.6 Å². The van der Waals surface area contributed by atoms with Crippen molar-refractivity contribution in [2.24, 2.45) is 11.5 Å². The summed E-state index contributed by atoms with van der Waals surface area (Å²) in [7, 11) is 0. The van der Waals surface area contributed by atoms with Crippen LogP contribution in [0.25, 0.3) is 0 Å². The first-order chi connectivity index (χ1) is 5.40. The van der Waals surface area contributed by atoms with Crippen molar-refractivity contribution in [2.75, 3.05) is 0 Å². The van der Waals surface area contributed by atoms with Gasteiger partial charge in [-0.2, -0.15) is 0 Å². The maximum absolute atomic E-state index is 10.6. The third-order valence-corrected chi connectivity index (χ3v) is 2.91. The third kappa shape index (κ3) is 1.28. The smallest absolute Gasteiger partial charge is 0.304 e. The van der Waals surface area contributed by atoms with Gasteiger partial charge in [0.25, 0.3) is 0 Å². The Labute approximate surface area is 75.2 Å². The molecule has 1 fully saturated rings. The van der Waals surface area contributed by atoms with Gasteiger partial charge in [0.2, 0.25) is 0 Å². The fraction of sp³-hybridized carbons (Fsp3) is 1.00. The van der Waals surface area contributed by atoms with Crippen LogP contribution in [0.1, 0.15) is 25.7 Å². The van der Waals surface area contributed by atoms with Gasteiger partial charge in [0.15, 0.2) is 5.00 Å². The van der Waals surface area contributed by atoms with Crippen molar-refractivity contribution in [3.63, 3.8) is 0 Å². The van der Waals surface area contributed by atoms with Crippen molar-refractivity contribution in [2.45, 2.75) is 36.3 Å².